The number of halogens is 5. The Hall–Kier alpha value is -3.57. The fraction of sp³-hybridized carbons (Fsp3) is 0.391. The highest BCUT2D eigenvalue weighted by atomic mass is 19.4. The molecule has 0 aromatic carbocycles. The van der Waals surface area contributed by atoms with E-state index in [4.69, 9.17) is 4.74 Å². The number of pyridine rings is 1. The van der Waals surface area contributed by atoms with Crippen LogP contribution in [0, 0.1) is 12.8 Å². The Balaban J connectivity index is 1.55. The fourth-order valence-electron chi connectivity index (χ4n) is 4.66. The van der Waals surface area contributed by atoms with Crippen LogP contribution in [0.25, 0.3) is 17.2 Å². The van der Waals surface area contributed by atoms with Crippen molar-refractivity contribution in [2.24, 2.45) is 5.92 Å². The lowest BCUT2D eigenvalue weighted by Crippen LogP contribution is -2.38. The first-order valence-corrected chi connectivity index (χ1v) is 10.9. The Morgan fingerprint density at radius 2 is 1.94 bits per heavy atom. The van der Waals surface area contributed by atoms with Crippen LogP contribution >= 0.6 is 0 Å². The third-order valence-corrected chi connectivity index (χ3v) is 6.20. The molecule has 2 atom stereocenters. The highest BCUT2D eigenvalue weighted by molar-refractivity contribution is 5.55. The summed E-state index contributed by atoms with van der Waals surface area (Å²) in [7, 11) is 1.43. The highest BCUT2D eigenvalue weighted by Crippen LogP contribution is 2.48. The van der Waals surface area contributed by atoms with Crippen molar-refractivity contribution < 1.29 is 26.7 Å². The lowest BCUT2D eigenvalue weighted by atomic mass is 9.76. The molecule has 12 heteroatoms. The summed E-state index contributed by atoms with van der Waals surface area (Å²) >= 11 is 0. The van der Waals surface area contributed by atoms with Gasteiger partial charge in [0.05, 0.1) is 19.1 Å². The number of allylic oxidation sites excluding steroid dienone is 4. The number of aromatic nitrogens is 6. The summed E-state index contributed by atoms with van der Waals surface area (Å²) in [4.78, 5) is 13.0. The van der Waals surface area contributed by atoms with E-state index in [1.54, 1.807) is 35.3 Å². The zero-order valence-electron chi connectivity index (χ0n) is 18.8. The molecule has 1 aliphatic carbocycles. The summed E-state index contributed by atoms with van der Waals surface area (Å²) in [6.07, 6.45) is 1.79. The Kier molecular flexibility index (Phi) is 5.48. The molecule has 0 radical (unpaired) electrons. The van der Waals surface area contributed by atoms with Gasteiger partial charge in [-0.15, -0.1) is 5.10 Å². The minimum absolute atomic E-state index is 0.0145. The van der Waals surface area contributed by atoms with Crippen LogP contribution in [-0.4, -0.2) is 48.5 Å². The first-order chi connectivity index (χ1) is 16.6. The largest absolute Gasteiger partial charge is 0.479 e. The third kappa shape index (κ3) is 4.32. The Labute approximate surface area is 197 Å². The van der Waals surface area contributed by atoms with E-state index in [1.807, 2.05) is 6.92 Å². The molecular weight excluding hydrogens is 471 g/mol. The number of nitrogens with zero attached hydrogens (tertiary/aromatic N) is 6. The monoisotopic (exact) mass is 492 g/mol. The number of hydrogen-bond donors (Lipinski definition) is 0. The molecule has 0 N–H and O–H groups in total. The van der Waals surface area contributed by atoms with Crippen LogP contribution in [0.2, 0.25) is 0 Å². The van der Waals surface area contributed by atoms with Crippen LogP contribution in [0.3, 0.4) is 0 Å². The van der Waals surface area contributed by atoms with Crippen molar-refractivity contribution in [1.29, 1.82) is 0 Å². The minimum atomic E-state index is -4.63. The summed E-state index contributed by atoms with van der Waals surface area (Å²) in [5, 5.41) is 4.20. The maximum Gasteiger partial charge on any atom is 0.412 e. The van der Waals surface area contributed by atoms with Gasteiger partial charge in [0.25, 0.3) is 5.92 Å². The van der Waals surface area contributed by atoms with Gasteiger partial charge in [-0.05, 0) is 25.5 Å². The van der Waals surface area contributed by atoms with Gasteiger partial charge in [0.15, 0.2) is 5.82 Å². The fourth-order valence-corrected chi connectivity index (χ4v) is 4.66. The number of rotatable bonds is 4. The zero-order valence-corrected chi connectivity index (χ0v) is 18.8. The van der Waals surface area contributed by atoms with E-state index in [-0.39, 0.29) is 29.6 Å². The standard InChI is InChI=1S/C23H21F5N6O/c1-13-10-33(12-29-13)18-8-7-17(30-21(18)35-2)19-31-20-15(9-22(24,25)11-34(20)32-19)14-5-3-4-6-16(14)23(26,27)28/h3-4,6-8,10,12,14-15H,5,9,11H2,1-2H3/t14?,15-/m1/s1. The van der Waals surface area contributed by atoms with Crippen molar-refractivity contribution in [2.45, 2.75) is 44.3 Å². The summed E-state index contributed by atoms with van der Waals surface area (Å²) in [6, 6.07) is 3.30. The SMILES string of the molecule is COc1nc(-c2nc3n(n2)CC(F)(F)C[C@@H]3C2CC=CC=C2C(F)(F)F)ccc1-n1cnc(C)c1. The number of ether oxygens (including phenoxy) is 1. The molecule has 184 valence electrons. The molecule has 0 amide bonds. The summed E-state index contributed by atoms with van der Waals surface area (Å²) < 4.78 is 78.4. The smallest absolute Gasteiger partial charge is 0.412 e. The number of hydrogen-bond acceptors (Lipinski definition) is 5. The Bertz CT molecular complexity index is 1320. The summed E-state index contributed by atoms with van der Waals surface area (Å²) in [6.45, 7) is 1.07. The Morgan fingerprint density at radius 3 is 2.63 bits per heavy atom. The molecule has 3 aromatic rings. The maximum atomic E-state index is 14.6. The molecule has 4 heterocycles. The van der Waals surface area contributed by atoms with E-state index < -0.39 is 42.5 Å². The molecule has 5 rings (SSSR count). The van der Waals surface area contributed by atoms with Crippen LogP contribution in [0.1, 0.15) is 30.3 Å². The minimum Gasteiger partial charge on any atom is -0.479 e. The van der Waals surface area contributed by atoms with Crippen LogP contribution in [0.4, 0.5) is 22.0 Å². The molecule has 0 saturated heterocycles. The lowest BCUT2D eigenvalue weighted by molar-refractivity contribution is -0.105. The second-order valence-electron chi connectivity index (χ2n) is 8.66. The molecule has 3 aromatic heterocycles. The number of imidazole rings is 1. The average molecular weight is 492 g/mol. The van der Waals surface area contributed by atoms with Crippen molar-refractivity contribution >= 4 is 0 Å². The normalized spacial score (nSPS) is 21.5. The first-order valence-electron chi connectivity index (χ1n) is 10.9. The van der Waals surface area contributed by atoms with E-state index in [2.05, 4.69) is 20.1 Å². The van der Waals surface area contributed by atoms with Gasteiger partial charge >= 0.3 is 6.18 Å². The predicted octanol–water partition coefficient (Wildman–Crippen LogP) is 5.03. The van der Waals surface area contributed by atoms with Gasteiger partial charge < -0.3 is 9.30 Å². The molecule has 7 nitrogen and oxygen atoms in total. The topological polar surface area (TPSA) is 70.7 Å². The molecule has 0 saturated carbocycles. The molecule has 0 fully saturated rings. The number of methoxy groups -OCH3 is 1. The zero-order chi connectivity index (χ0) is 25.0. The second-order valence-corrected chi connectivity index (χ2v) is 8.66. The van der Waals surface area contributed by atoms with E-state index in [0.29, 0.717) is 5.69 Å². The Morgan fingerprint density at radius 1 is 1.14 bits per heavy atom. The third-order valence-electron chi connectivity index (χ3n) is 6.20. The maximum absolute atomic E-state index is 14.6. The quantitative estimate of drug-likeness (QED) is 0.478. The molecule has 2 aliphatic rings. The molecular formula is C23H21F5N6O. The van der Waals surface area contributed by atoms with Crippen molar-refractivity contribution in [3.8, 4) is 23.1 Å². The number of aryl methyl sites for hydroxylation is 1. The van der Waals surface area contributed by atoms with Gasteiger partial charge in [-0.2, -0.15) is 13.2 Å². The van der Waals surface area contributed by atoms with Gasteiger partial charge in [0, 0.05) is 30.0 Å². The van der Waals surface area contributed by atoms with Gasteiger partial charge in [-0.1, -0.05) is 18.2 Å². The van der Waals surface area contributed by atoms with Gasteiger partial charge in [-0.3, -0.25) is 0 Å². The van der Waals surface area contributed by atoms with E-state index in [1.165, 1.54) is 13.2 Å². The molecule has 0 bridgehead atoms. The van der Waals surface area contributed by atoms with Gasteiger partial charge in [0.1, 0.15) is 23.8 Å². The van der Waals surface area contributed by atoms with E-state index in [0.717, 1.165) is 16.5 Å². The molecule has 0 spiro atoms. The van der Waals surface area contributed by atoms with Crippen molar-refractivity contribution in [1.82, 2.24) is 29.3 Å². The first kappa shape index (κ1) is 23.2. The number of alkyl halides is 5. The van der Waals surface area contributed by atoms with E-state index >= 15 is 0 Å². The van der Waals surface area contributed by atoms with Crippen LogP contribution in [0.5, 0.6) is 5.88 Å². The number of fused-ring (bicyclic) bond motifs is 1. The molecule has 1 unspecified atom stereocenters. The van der Waals surface area contributed by atoms with Gasteiger partial charge in [-0.25, -0.2) is 28.4 Å². The summed E-state index contributed by atoms with van der Waals surface area (Å²) in [5.41, 5.74) is 0.802. The predicted molar refractivity (Wildman–Crippen MR) is 115 cm³/mol. The highest BCUT2D eigenvalue weighted by Gasteiger charge is 2.49. The lowest BCUT2D eigenvalue weighted by Gasteiger charge is -2.36. The van der Waals surface area contributed by atoms with E-state index in [9.17, 15) is 22.0 Å². The average Bonchev–Trinajstić information content (AvgIpc) is 3.43. The van der Waals surface area contributed by atoms with Crippen LogP contribution in [-0.2, 0) is 6.54 Å². The molecule has 1 aliphatic heterocycles. The van der Waals surface area contributed by atoms with Crippen molar-refractivity contribution in [2.75, 3.05) is 7.11 Å². The van der Waals surface area contributed by atoms with Gasteiger partial charge in [0.2, 0.25) is 5.88 Å². The van der Waals surface area contributed by atoms with Crippen LogP contribution in [0.15, 0.2) is 48.5 Å². The summed E-state index contributed by atoms with van der Waals surface area (Å²) in [5.74, 6) is -5.21. The molecule has 35 heavy (non-hydrogen) atoms. The van der Waals surface area contributed by atoms with Crippen LogP contribution < -0.4 is 4.74 Å². The van der Waals surface area contributed by atoms with Crippen molar-refractivity contribution in [3.05, 3.63) is 60.0 Å². The second kappa shape index (κ2) is 8.28. The van der Waals surface area contributed by atoms with Crippen molar-refractivity contribution in [3.63, 3.8) is 0 Å².